The van der Waals surface area contributed by atoms with Gasteiger partial charge < -0.3 is 9.80 Å². The van der Waals surface area contributed by atoms with Crippen LogP contribution < -0.4 is 0 Å². The van der Waals surface area contributed by atoms with Crippen LogP contribution in [0.2, 0.25) is 0 Å². The summed E-state index contributed by atoms with van der Waals surface area (Å²) in [6.45, 7) is 7.26. The second kappa shape index (κ2) is 7.59. The van der Waals surface area contributed by atoms with Crippen LogP contribution >= 0.6 is 0 Å². The number of carbonyl (C=O) groups is 2. The van der Waals surface area contributed by atoms with Crippen molar-refractivity contribution in [1.29, 1.82) is 0 Å². The van der Waals surface area contributed by atoms with E-state index in [9.17, 15) is 9.59 Å². The van der Waals surface area contributed by atoms with Crippen LogP contribution in [0.25, 0.3) is 0 Å². The fraction of sp³-hybridized carbons (Fsp3) is 0.619. The van der Waals surface area contributed by atoms with Crippen LogP contribution in [-0.2, 0) is 11.2 Å². The lowest BCUT2D eigenvalue weighted by Gasteiger charge is -2.23. The van der Waals surface area contributed by atoms with E-state index >= 15 is 0 Å². The van der Waals surface area contributed by atoms with Crippen LogP contribution in [0.5, 0.6) is 0 Å². The molecular formula is C21H30N2O2. The zero-order valence-electron chi connectivity index (χ0n) is 15.6. The van der Waals surface area contributed by atoms with Gasteiger partial charge in [-0.25, -0.2) is 0 Å². The van der Waals surface area contributed by atoms with Crippen LogP contribution in [-0.4, -0.2) is 47.8 Å². The Hall–Kier alpha value is -1.84. The molecule has 1 spiro atoms. The monoisotopic (exact) mass is 342 g/mol. The van der Waals surface area contributed by atoms with Gasteiger partial charge >= 0.3 is 0 Å². The zero-order chi connectivity index (χ0) is 17.9. The Labute approximate surface area is 151 Å². The highest BCUT2D eigenvalue weighted by molar-refractivity contribution is 5.95. The summed E-state index contributed by atoms with van der Waals surface area (Å²) in [4.78, 5) is 29.5. The predicted molar refractivity (Wildman–Crippen MR) is 99.5 cm³/mol. The van der Waals surface area contributed by atoms with Crippen molar-refractivity contribution in [3.63, 3.8) is 0 Å². The average molecular weight is 342 g/mol. The highest BCUT2D eigenvalue weighted by atomic mass is 16.2. The first kappa shape index (κ1) is 18.0. The van der Waals surface area contributed by atoms with Crippen LogP contribution in [0.15, 0.2) is 24.3 Å². The van der Waals surface area contributed by atoms with E-state index in [0.717, 1.165) is 44.3 Å². The van der Waals surface area contributed by atoms with Gasteiger partial charge in [-0.15, -0.1) is 0 Å². The normalized spacial score (nSPS) is 23.0. The minimum Gasteiger partial charge on any atom is -0.342 e. The Morgan fingerprint density at radius 1 is 1.08 bits per heavy atom. The molecule has 2 heterocycles. The van der Waals surface area contributed by atoms with Gasteiger partial charge in [0.15, 0.2) is 0 Å². The Balaban J connectivity index is 1.64. The molecule has 4 heteroatoms. The van der Waals surface area contributed by atoms with Crippen LogP contribution in [0, 0.1) is 5.41 Å². The number of carbonyl (C=O) groups excluding carboxylic acids is 2. The molecule has 1 atom stereocenters. The highest BCUT2D eigenvalue weighted by Crippen LogP contribution is 2.41. The third-order valence-electron chi connectivity index (χ3n) is 5.76. The molecule has 2 amide bonds. The molecule has 2 aliphatic rings. The maximum absolute atomic E-state index is 12.8. The molecule has 2 fully saturated rings. The molecule has 0 saturated carbocycles. The molecule has 0 aromatic heterocycles. The smallest absolute Gasteiger partial charge is 0.253 e. The third-order valence-corrected chi connectivity index (χ3v) is 5.76. The zero-order valence-corrected chi connectivity index (χ0v) is 15.6. The molecule has 3 rings (SSSR count). The number of aryl methyl sites for hydroxylation is 1. The van der Waals surface area contributed by atoms with Gasteiger partial charge in [0.1, 0.15) is 0 Å². The number of nitrogens with zero attached hydrogens (tertiary/aromatic N) is 2. The van der Waals surface area contributed by atoms with Crippen LogP contribution in [0.4, 0.5) is 0 Å². The Morgan fingerprint density at radius 3 is 2.48 bits per heavy atom. The van der Waals surface area contributed by atoms with E-state index in [1.807, 2.05) is 21.9 Å². The summed E-state index contributed by atoms with van der Waals surface area (Å²) < 4.78 is 0. The van der Waals surface area contributed by atoms with Gasteiger partial charge in [-0.1, -0.05) is 32.4 Å². The molecule has 2 saturated heterocycles. The van der Waals surface area contributed by atoms with E-state index < -0.39 is 0 Å². The summed E-state index contributed by atoms with van der Waals surface area (Å²) in [5.74, 6) is 0.334. The second-order valence-corrected chi connectivity index (χ2v) is 7.60. The first-order valence-corrected chi connectivity index (χ1v) is 9.77. The van der Waals surface area contributed by atoms with Gasteiger partial charge in [0.05, 0.1) is 5.41 Å². The summed E-state index contributed by atoms with van der Waals surface area (Å²) in [5.41, 5.74) is 1.72. The van der Waals surface area contributed by atoms with Gasteiger partial charge in [0.2, 0.25) is 5.91 Å². The van der Waals surface area contributed by atoms with E-state index in [-0.39, 0.29) is 17.2 Å². The van der Waals surface area contributed by atoms with Crippen molar-refractivity contribution in [3.8, 4) is 0 Å². The van der Waals surface area contributed by atoms with E-state index in [0.29, 0.717) is 13.1 Å². The largest absolute Gasteiger partial charge is 0.342 e. The Kier molecular flexibility index (Phi) is 5.45. The quantitative estimate of drug-likeness (QED) is 0.794. The standard InChI is InChI=1S/C21H30N2O2/c1-3-5-6-17-7-9-18(10-8-17)19(24)23-15-12-21(16-23)11-14-22(13-4-2)20(21)25/h7-10H,3-6,11-16H2,1-2H3. The number of unbranched alkanes of at least 4 members (excludes halogenated alkanes) is 1. The van der Waals surface area contributed by atoms with Crippen LogP contribution in [0.1, 0.15) is 61.9 Å². The third kappa shape index (κ3) is 3.58. The van der Waals surface area contributed by atoms with Gasteiger partial charge in [-0.3, -0.25) is 9.59 Å². The number of amides is 2. The summed E-state index contributed by atoms with van der Waals surface area (Å²) in [7, 11) is 0. The van der Waals surface area contributed by atoms with Crippen molar-refractivity contribution in [2.24, 2.45) is 5.41 Å². The van der Waals surface area contributed by atoms with Gasteiger partial charge in [-0.05, 0) is 49.8 Å². The van der Waals surface area contributed by atoms with E-state index in [1.54, 1.807) is 0 Å². The summed E-state index contributed by atoms with van der Waals surface area (Å²) in [6.07, 6.45) is 6.13. The number of likely N-dealkylation sites (tertiary alicyclic amines) is 2. The lowest BCUT2D eigenvalue weighted by Crippen LogP contribution is -2.38. The van der Waals surface area contributed by atoms with Crippen molar-refractivity contribution in [2.45, 2.75) is 52.4 Å². The highest BCUT2D eigenvalue weighted by Gasteiger charge is 2.51. The van der Waals surface area contributed by atoms with Gasteiger partial charge in [-0.2, -0.15) is 0 Å². The van der Waals surface area contributed by atoms with E-state index in [1.165, 1.54) is 18.4 Å². The number of hydrogen-bond donors (Lipinski definition) is 0. The van der Waals surface area contributed by atoms with Crippen molar-refractivity contribution in [2.75, 3.05) is 26.2 Å². The SMILES string of the molecule is CCCCc1ccc(C(=O)N2CCC3(CCN(CCC)C3=O)C2)cc1. The molecule has 2 aliphatic heterocycles. The number of rotatable bonds is 6. The molecule has 1 aromatic rings. The van der Waals surface area contributed by atoms with Crippen molar-refractivity contribution in [1.82, 2.24) is 9.80 Å². The van der Waals surface area contributed by atoms with Gasteiger partial charge in [0.25, 0.3) is 5.91 Å². The maximum Gasteiger partial charge on any atom is 0.253 e. The minimum absolute atomic E-state index is 0.0701. The van der Waals surface area contributed by atoms with E-state index in [2.05, 4.69) is 26.0 Å². The van der Waals surface area contributed by atoms with E-state index in [4.69, 9.17) is 0 Å². The molecule has 0 radical (unpaired) electrons. The summed E-state index contributed by atoms with van der Waals surface area (Å²) >= 11 is 0. The number of benzene rings is 1. The predicted octanol–water partition coefficient (Wildman–Crippen LogP) is 3.50. The van der Waals surface area contributed by atoms with Crippen LogP contribution in [0.3, 0.4) is 0 Å². The molecule has 1 aromatic carbocycles. The topological polar surface area (TPSA) is 40.6 Å². The van der Waals surface area contributed by atoms with Crippen molar-refractivity contribution >= 4 is 11.8 Å². The average Bonchev–Trinajstić information content (AvgIpc) is 3.20. The minimum atomic E-state index is -0.314. The first-order valence-electron chi connectivity index (χ1n) is 9.77. The molecule has 0 aliphatic carbocycles. The molecule has 4 nitrogen and oxygen atoms in total. The first-order chi connectivity index (χ1) is 12.1. The molecule has 25 heavy (non-hydrogen) atoms. The fourth-order valence-corrected chi connectivity index (χ4v) is 4.18. The molecule has 0 N–H and O–H groups in total. The fourth-order valence-electron chi connectivity index (χ4n) is 4.18. The summed E-state index contributed by atoms with van der Waals surface area (Å²) in [6, 6.07) is 8.02. The van der Waals surface area contributed by atoms with Crippen molar-refractivity contribution in [3.05, 3.63) is 35.4 Å². The maximum atomic E-state index is 12.8. The summed E-state index contributed by atoms with van der Waals surface area (Å²) in [5, 5.41) is 0. The lowest BCUT2D eigenvalue weighted by molar-refractivity contribution is -0.135. The molecule has 0 bridgehead atoms. The Bertz CT molecular complexity index is 625. The molecule has 1 unspecified atom stereocenters. The van der Waals surface area contributed by atoms with Gasteiger partial charge in [0, 0.05) is 31.7 Å². The Morgan fingerprint density at radius 2 is 1.80 bits per heavy atom. The molecular weight excluding hydrogens is 312 g/mol. The molecule has 136 valence electrons. The second-order valence-electron chi connectivity index (χ2n) is 7.60. The van der Waals surface area contributed by atoms with Crippen molar-refractivity contribution < 1.29 is 9.59 Å². The number of hydrogen-bond acceptors (Lipinski definition) is 2. The lowest BCUT2D eigenvalue weighted by atomic mass is 9.85.